The highest BCUT2D eigenvalue weighted by atomic mass is 32.1. The first kappa shape index (κ1) is 16.5. The van der Waals surface area contributed by atoms with Crippen molar-refractivity contribution in [2.45, 2.75) is 13.5 Å². The van der Waals surface area contributed by atoms with Gasteiger partial charge in [-0.15, -0.1) is 11.3 Å². The largest absolute Gasteiger partial charge is 0.337 e. The standard InChI is InChI=1S/C21H19N3OS/c1-15-22-19-13-16(21(25)23(2)14-18-9-6-12-26-18)10-11-20(19)24(15)17-7-4-3-5-8-17/h3-13H,14H2,1-2H3. The van der Waals surface area contributed by atoms with Gasteiger partial charge < -0.3 is 4.90 Å². The Morgan fingerprint density at radius 1 is 1.12 bits per heavy atom. The number of thiophene rings is 1. The summed E-state index contributed by atoms with van der Waals surface area (Å²) in [7, 11) is 1.83. The fourth-order valence-electron chi connectivity index (χ4n) is 3.17. The van der Waals surface area contributed by atoms with Crippen LogP contribution in [0.1, 0.15) is 21.1 Å². The number of aryl methyl sites for hydroxylation is 1. The minimum atomic E-state index is 0.00668. The first-order valence-electron chi connectivity index (χ1n) is 8.46. The molecule has 0 saturated carbocycles. The maximum absolute atomic E-state index is 12.8. The second-order valence-electron chi connectivity index (χ2n) is 6.27. The van der Waals surface area contributed by atoms with Crippen LogP contribution in [-0.4, -0.2) is 27.4 Å². The smallest absolute Gasteiger partial charge is 0.254 e. The molecular formula is C21H19N3OS. The Morgan fingerprint density at radius 2 is 1.92 bits per heavy atom. The molecule has 0 spiro atoms. The van der Waals surface area contributed by atoms with Crippen molar-refractivity contribution in [3.05, 3.63) is 82.3 Å². The van der Waals surface area contributed by atoms with Crippen molar-refractivity contribution in [2.75, 3.05) is 7.05 Å². The number of imidazole rings is 1. The minimum Gasteiger partial charge on any atom is -0.337 e. The van der Waals surface area contributed by atoms with Crippen LogP contribution in [0.3, 0.4) is 0 Å². The average Bonchev–Trinajstić information content (AvgIpc) is 3.27. The maximum atomic E-state index is 12.8. The van der Waals surface area contributed by atoms with Crippen LogP contribution in [0, 0.1) is 6.92 Å². The molecule has 0 saturated heterocycles. The number of benzene rings is 2. The van der Waals surface area contributed by atoms with E-state index in [1.807, 2.05) is 67.9 Å². The predicted octanol–water partition coefficient (Wildman–Crippen LogP) is 4.67. The van der Waals surface area contributed by atoms with E-state index in [0.29, 0.717) is 12.1 Å². The van der Waals surface area contributed by atoms with E-state index in [1.54, 1.807) is 16.2 Å². The lowest BCUT2D eigenvalue weighted by atomic mass is 10.1. The number of nitrogens with zero attached hydrogens (tertiary/aromatic N) is 3. The van der Waals surface area contributed by atoms with Gasteiger partial charge in [0.2, 0.25) is 0 Å². The van der Waals surface area contributed by atoms with Crippen LogP contribution < -0.4 is 0 Å². The van der Waals surface area contributed by atoms with E-state index < -0.39 is 0 Å². The fraction of sp³-hybridized carbons (Fsp3) is 0.143. The molecule has 5 heteroatoms. The van der Waals surface area contributed by atoms with Gasteiger partial charge in [0.05, 0.1) is 17.6 Å². The van der Waals surface area contributed by atoms with Crippen LogP contribution in [0.2, 0.25) is 0 Å². The van der Waals surface area contributed by atoms with Crippen LogP contribution in [0.25, 0.3) is 16.7 Å². The van der Waals surface area contributed by atoms with Gasteiger partial charge in [-0.3, -0.25) is 9.36 Å². The van der Waals surface area contributed by atoms with E-state index in [4.69, 9.17) is 0 Å². The molecule has 0 aliphatic heterocycles. The number of carbonyl (C=O) groups excluding carboxylic acids is 1. The Labute approximate surface area is 156 Å². The number of para-hydroxylation sites is 1. The Morgan fingerprint density at radius 3 is 2.65 bits per heavy atom. The molecule has 0 aliphatic carbocycles. The highest BCUT2D eigenvalue weighted by Crippen LogP contribution is 2.23. The molecule has 0 aliphatic rings. The second kappa shape index (κ2) is 6.77. The van der Waals surface area contributed by atoms with Gasteiger partial charge >= 0.3 is 0 Å². The Balaban J connectivity index is 1.67. The van der Waals surface area contributed by atoms with E-state index in [0.717, 1.165) is 22.5 Å². The van der Waals surface area contributed by atoms with Gasteiger partial charge in [0.15, 0.2) is 0 Å². The van der Waals surface area contributed by atoms with Crippen molar-refractivity contribution in [1.29, 1.82) is 0 Å². The van der Waals surface area contributed by atoms with Gasteiger partial charge in [0.1, 0.15) is 5.82 Å². The van der Waals surface area contributed by atoms with Crippen molar-refractivity contribution in [2.24, 2.45) is 0 Å². The van der Waals surface area contributed by atoms with E-state index in [1.165, 1.54) is 4.88 Å². The van der Waals surface area contributed by atoms with Crippen LogP contribution in [0.15, 0.2) is 66.0 Å². The molecule has 0 unspecified atom stereocenters. The van der Waals surface area contributed by atoms with E-state index in [9.17, 15) is 4.79 Å². The summed E-state index contributed by atoms with van der Waals surface area (Å²) in [4.78, 5) is 20.4. The normalized spacial score (nSPS) is 11.0. The molecule has 4 nitrogen and oxygen atoms in total. The van der Waals surface area contributed by atoms with Crippen LogP contribution in [0.5, 0.6) is 0 Å². The summed E-state index contributed by atoms with van der Waals surface area (Å²) in [6.45, 7) is 2.60. The third-order valence-corrected chi connectivity index (χ3v) is 5.26. The summed E-state index contributed by atoms with van der Waals surface area (Å²) >= 11 is 1.66. The number of hydrogen-bond donors (Lipinski definition) is 0. The zero-order valence-electron chi connectivity index (χ0n) is 14.7. The Bertz CT molecular complexity index is 1050. The highest BCUT2D eigenvalue weighted by Gasteiger charge is 2.16. The van der Waals surface area contributed by atoms with Crippen molar-refractivity contribution < 1.29 is 4.79 Å². The van der Waals surface area contributed by atoms with Gasteiger partial charge in [-0.25, -0.2) is 4.98 Å². The molecule has 0 fully saturated rings. The average molecular weight is 361 g/mol. The van der Waals surface area contributed by atoms with Crippen molar-refractivity contribution in [1.82, 2.24) is 14.5 Å². The van der Waals surface area contributed by atoms with Gasteiger partial charge in [0.25, 0.3) is 5.91 Å². The number of rotatable bonds is 4. The molecule has 1 amide bonds. The number of hydrogen-bond acceptors (Lipinski definition) is 3. The molecule has 0 atom stereocenters. The summed E-state index contributed by atoms with van der Waals surface area (Å²) in [5.74, 6) is 0.912. The molecular weight excluding hydrogens is 342 g/mol. The first-order chi connectivity index (χ1) is 12.6. The van der Waals surface area contributed by atoms with Crippen LogP contribution in [0.4, 0.5) is 0 Å². The molecule has 2 aromatic carbocycles. The fourth-order valence-corrected chi connectivity index (χ4v) is 3.92. The molecule has 2 heterocycles. The maximum Gasteiger partial charge on any atom is 0.254 e. The lowest BCUT2D eigenvalue weighted by Gasteiger charge is -2.16. The molecule has 0 N–H and O–H groups in total. The summed E-state index contributed by atoms with van der Waals surface area (Å²) in [6, 6.07) is 19.9. The van der Waals surface area contributed by atoms with Crippen molar-refractivity contribution in [3.8, 4) is 5.69 Å². The van der Waals surface area contributed by atoms with Crippen molar-refractivity contribution >= 4 is 28.3 Å². The zero-order chi connectivity index (χ0) is 18.1. The quantitative estimate of drug-likeness (QED) is 0.530. The molecule has 4 rings (SSSR count). The third kappa shape index (κ3) is 3.02. The van der Waals surface area contributed by atoms with Crippen LogP contribution >= 0.6 is 11.3 Å². The summed E-state index contributed by atoms with van der Waals surface area (Å²) in [6.07, 6.45) is 0. The number of amides is 1. The Kier molecular flexibility index (Phi) is 4.31. The lowest BCUT2D eigenvalue weighted by molar-refractivity contribution is 0.0786. The molecule has 4 aromatic rings. The SMILES string of the molecule is Cc1nc2cc(C(=O)N(C)Cc3cccs3)ccc2n1-c1ccccc1. The van der Waals surface area contributed by atoms with E-state index >= 15 is 0 Å². The molecule has 2 aromatic heterocycles. The van der Waals surface area contributed by atoms with Gasteiger partial charge in [-0.2, -0.15) is 0 Å². The third-order valence-electron chi connectivity index (χ3n) is 4.40. The molecule has 0 radical (unpaired) electrons. The summed E-state index contributed by atoms with van der Waals surface area (Å²) < 4.78 is 2.11. The Hall–Kier alpha value is -2.92. The molecule has 0 bridgehead atoms. The van der Waals surface area contributed by atoms with Gasteiger partial charge in [-0.1, -0.05) is 24.3 Å². The minimum absolute atomic E-state index is 0.00668. The number of carbonyl (C=O) groups is 1. The summed E-state index contributed by atoms with van der Waals surface area (Å²) in [5, 5.41) is 2.03. The van der Waals surface area contributed by atoms with Gasteiger partial charge in [-0.05, 0) is 48.7 Å². The monoisotopic (exact) mass is 361 g/mol. The predicted molar refractivity (Wildman–Crippen MR) is 106 cm³/mol. The first-order valence-corrected chi connectivity index (χ1v) is 9.34. The number of aromatic nitrogens is 2. The van der Waals surface area contributed by atoms with E-state index in [-0.39, 0.29) is 5.91 Å². The van der Waals surface area contributed by atoms with Gasteiger partial charge in [0, 0.05) is 23.2 Å². The van der Waals surface area contributed by atoms with E-state index in [2.05, 4.69) is 21.7 Å². The number of fused-ring (bicyclic) bond motifs is 1. The van der Waals surface area contributed by atoms with Crippen molar-refractivity contribution in [3.63, 3.8) is 0 Å². The molecule has 26 heavy (non-hydrogen) atoms. The van der Waals surface area contributed by atoms with Crippen LogP contribution in [-0.2, 0) is 6.54 Å². The lowest BCUT2D eigenvalue weighted by Crippen LogP contribution is -2.25. The zero-order valence-corrected chi connectivity index (χ0v) is 15.5. The topological polar surface area (TPSA) is 38.1 Å². The summed E-state index contributed by atoms with van der Waals surface area (Å²) in [5.41, 5.74) is 3.57. The highest BCUT2D eigenvalue weighted by molar-refractivity contribution is 7.09. The molecule has 130 valence electrons. The second-order valence-corrected chi connectivity index (χ2v) is 7.31.